The van der Waals surface area contributed by atoms with Crippen molar-refractivity contribution in [3.63, 3.8) is 0 Å². The first kappa shape index (κ1) is 18.4. The van der Waals surface area contributed by atoms with Gasteiger partial charge < -0.3 is 4.90 Å². The number of amides is 1. The lowest BCUT2D eigenvalue weighted by Gasteiger charge is -2.19. The lowest BCUT2D eigenvalue weighted by atomic mass is 10.0. The van der Waals surface area contributed by atoms with Gasteiger partial charge in [0.2, 0.25) is 5.82 Å². The van der Waals surface area contributed by atoms with E-state index in [2.05, 4.69) is 10.2 Å². The molecule has 0 atom stereocenters. The highest BCUT2D eigenvalue weighted by Crippen LogP contribution is 2.28. The van der Waals surface area contributed by atoms with E-state index in [0.29, 0.717) is 36.3 Å². The van der Waals surface area contributed by atoms with Crippen LogP contribution in [-0.2, 0) is 6.54 Å². The fourth-order valence-corrected chi connectivity index (χ4v) is 3.61. The summed E-state index contributed by atoms with van der Waals surface area (Å²) in [5.74, 6) is 0.782. The van der Waals surface area contributed by atoms with Crippen molar-refractivity contribution in [3.8, 4) is 5.69 Å². The summed E-state index contributed by atoms with van der Waals surface area (Å²) in [6.07, 6.45) is 0. The zero-order valence-electron chi connectivity index (χ0n) is 15.8. The molecule has 0 N–H and O–H groups in total. The average Bonchev–Trinajstić information content (AvgIpc) is 3.07. The number of nitrogens with zero attached hydrogens (tertiary/aromatic N) is 5. The minimum absolute atomic E-state index is 0.146. The summed E-state index contributed by atoms with van der Waals surface area (Å²) < 4.78 is 1.81. The van der Waals surface area contributed by atoms with E-state index in [1.165, 1.54) is 0 Å². The summed E-state index contributed by atoms with van der Waals surface area (Å²) in [6, 6.07) is 15.5. The minimum Gasteiger partial charge on any atom is -0.336 e. The van der Waals surface area contributed by atoms with E-state index in [-0.39, 0.29) is 5.91 Å². The Morgan fingerprint density at radius 2 is 1.86 bits per heavy atom. The second kappa shape index (κ2) is 7.56. The Hall–Kier alpha value is -2.99. The van der Waals surface area contributed by atoms with Gasteiger partial charge in [0.25, 0.3) is 5.91 Å². The summed E-state index contributed by atoms with van der Waals surface area (Å²) in [5.41, 5.74) is 3.47. The van der Waals surface area contributed by atoms with Gasteiger partial charge in [-0.1, -0.05) is 41.9 Å². The molecule has 2 aromatic carbocycles. The Morgan fingerprint density at radius 1 is 1.11 bits per heavy atom. The number of benzene rings is 2. The van der Waals surface area contributed by atoms with Crippen LogP contribution in [0.4, 0.5) is 0 Å². The molecule has 1 amide bonds. The van der Waals surface area contributed by atoms with Crippen molar-refractivity contribution in [2.45, 2.75) is 20.4 Å². The molecule has 2 heterocycles. The molecule has 0 spiro atoms. The number of fused-ring (bicyclic) bond motifs is 3. The zero-order valence-corrected chi connectivity index (χ0v) is 16.5. The molecule has 142 valence electrons. The number of aromatic nitrogens is 3. The van der Waals surface area contributed by atoms with Crippen LogP contribution in [0, 0.1) is 0 Å². The molecule has 0 radical (unpaired) electrons. The maximum absolute atomic E-state index is 13.0. The fourth-order valence-electron chi connectivity index (χ4n) is 3.43. The number of halogens is 1. The zero-order chi connectivity index (χ0) is 19.7. The highest BCUT2D eigenvalue weighted by atomic mass is 35.5. The van der Waals surface area contributed by atoms with Crippen LogP contribution in [0.2, 0.25) is 5.02 Å². The Balaban J connectivity index is 1.92. The fraction of sp³-hybridized carbons (Fsp3) is 0.238. The molecule has 0 aliphatic carbocycles. The number of carbonyl (C=O) groups excluding carboxylic acids is 1. The molecule has 0 saturated carbocycles. The van der Waals surface area contributed by atoms with Crippen LogP contribution in [0.3, 0.4) is 0 Å². The third-order valence-electron chi connectivity index (χ3n) is 4.85. The molecule has 0 unspecified atom stereocenters. The summed E-state index contributed by atoms with van der Waals surface area (Å²) in [6.45, 7) is 5.44. The number of aliphatic imine (C=N–C) groups is 1. The molecule has 1 aliphatic heterocycles. The minimum atomic E-state index is -0.146. The smallest absolute Gasteiger partial charge is 0.292 e. The highest BCUT2D eigenvalue weighted by molar-refractivity contribution is 6.31. The van der Waals surface area contributed by atoms with Crippen LogP contribution in [0.15, 0.2) is 53.5 Å². The molecule has 28 heavy (non-hydrogen) atoms. The molecule has 7 heteroatoms. The standard InChI is InChI=1S/C21H20ClN5O/c1-3-26(4-2)21(28)20-25-24-18-13-23-19(14-8-6-5-7-9-14)16-12-15(22)10-11-17(16)27(18)20/h5-12H,3-4,13H2,1-2H3. The van der Waals surface area contributed by atoms with Gasteiger partial charge in [0, 0.05) is 29.2 Å². The average molecular weight is 394 g/mol. The van der Waals surface area contributed by atoms with Gasteiger partial charge in [-0.15, -0.1) is 10.2 Å². The van der Waals surface area contributed by atoms with Crippen molar-refractivity contribution in [2.75, 3.05) is 13.1 Å². The van der Waals surface area contributed by atoms with Gasteiger partial charge in [-0.2, -0.15) is 0 Å². The van der Waals surface area contributed by atoms with Gasteiger partial charge in [0.1, 0.15) is 6.54 Å². The molecule has 0 bridgehead atoms. The molecule has 1 aromatic heterocycles. The second-order valence-corrected chi connectivity index (χ2v) is 6.88. The first-order valence-electron chi connectivity index (χ1n) is 9.27. The van der Waals surface area contributed by atoms with Crippen molar-refractivity contribution in [1.29, 1.82) is 0 Å². The van der Waals surface area contributed by atoms with Crippen LogP contribution in [0.5, 0.6) is 0 Å². The van der Waals surface area contributed by atoms with Gasteiger partial charge in [-0.25, -0.2) is 0 Å². The Kier molecular flexibility index (Phi) is 4.96. The first-order chi connectivity index (χ1) is 13.6. The SMILES string of the molecule is CCN(CC)C(=O)c1nnc2n1-c1ccc(Cl)cc1C(c1ccccc1)=NC2. The number of rotatable bonds is 4. The van der Waals surface area contributed by atoms with E-state index in [1.54, 1.807) is 4.90 Å². The lowest BCUT2D eigenvalue weighted by Crippen LogP contribution is -2.32. The van der Waals surface area contributed by atoms with E-state index < -0.39 is 0 Å². The van der Waals surface area contributed by atoms with Gasteiger partial charge in [0.05, 0.1) is 11.4 Å². The maximum atomic E-state index is 13.0. The summed E-state index contributed by atoms with van der Waals surface area (Å²) >= 11 is 6.31. The van der Waals surface area contributed by atoms with E-state index in [0.717, 1.165) is 22.5 Å². The largest absolute Gasteiger partial charge is 0.336 e. The van der Waals surface area contributed by atoms with Crippen molar-refractivity contribution in [2.24, 2.45) is 4.99 Å². The number of hydrogen-bond acceptors (Lipinski definition) is 4. The van der Waals surface area contributed by atoms with Crippen LogP contribution < -0.4 is 0 Å². The summed E-state index contributed by atoms with van der Waals surface area (Å²) in [7, 11) is 0. The van der Waals surface area contributed by atoms with Crippen molar-refractivity contribution < 1.29 is 4.79 Å². The van der Waals surface area contributed by atoms with Gasteiger partial charge in [-0.3, -0.25) is 14.4 Å². The monoisotopic (exact) mass is 393 g/mol. The van der Waals surface area contributed by atoms with E-state index in [9.17, 15) is 4.79 Å². The van der Waals surface area contributed by atoms with Gasteiger partial charge in [-0.05, 0) is 32.0 Å². The first-order valence-corrected chi connectivity index (χ1v) is 9.65. The predicted molar refractivity (Wildman–Crippen MR) is 109 cm³/mol. The Labute approximate surface area is 168 Å². The third kappa shape index (κ3) is 3.10. The van der Waals surface area contributed by atoms with E-state index in [4.69, 9.17) is 16.6 Å². The van der Waals surface area contributed by atoms with Gasteiger partial charge in [0.15, 0.2) is 5.82 Å². The predicted octanol–water partition coefficient (Wildman–Crippen LogP) is 3.75. The highest BCUT2D eigenvalue weighted by Gasteiger charge is 2.27. The second-order valence-electron chi connectivity index (χ2n) is 6.45. The van der Waals surface area contributed by atoms with E-state index in [1.807, 2.05) is 66.9 Å². The van der Waals surface area contributed by atoms with Crippen LogP contribution >= 0.6 is 11.6 Å². The molecular weight excluding hydrogens is 374 g/mol. The van der Waals surface area contributed by atoms with Crippen molar-refractivity contribution in [3.05, 3.63) is 76.3 Å². The van der Waals surface area contributed by atoms with Gasteiger partial charge >= 0.3 is 0 Å². The summed E-state index contributed by atoms with van der Waals surface area (Å²) in [5, 5.41) is 9.07. The Morgan fingerprint density at radius 3 is 2.57 bits per heavy atom. The number of hydrogen-bond donors (Lipinski definition) is 0. The van der Waals surface area contributed by atoms with Crippen molar-refractivity contribution in [1.82, 2.24) is 19.7 Å². The normalized spacial score (nSPS) is 12.6. The summed E-state index contributed by atoms with van der Waals surface area (Å²) in [4.78, 5) is 19.5. The molecule has 4 rings (SSSR count). The van der Waals surface area contributed by atoms with Crippen LogP contribution in [-0.4, -0.2) is 44.4 Å². The quantitative estimate of drug-likeness (QED) is 0.678. The molecule has 0 saturated heterocycles. The third-order valence-corrected chi connectivity index (χ3v) is 5.09. The van der Waals surface area contributed by atoms with E-state index >= 15 is 0 Å². The molecule has 3 aromatic rings. The molecular formula is C21H20ClN5O. The Bertz CT molecular complexity index is 1050. The van der Waals surface area contributed by atoms with Crippen LogP contribution in [0.1, 0.15) is 41.4 Å². The van der Waals surface area contributed by atoms with Crippen molar-refractivity contribution >= 4 is 23.2 Å². The van der Waals surface area contributed by atoms with Crippen LogP contribution in [0.25, 0.3) is 5.69 Å². The number of carbonyl (C=O) groups is 1. The molecule has 6 nitrogen and oxygen atoms in total. The maximum Gasteiger partial charge on any atom is 0.292 e. The lowest BCUT2D eigenvalue weighted by molar-refractivity contribution is 0.0758. The molecule has 1 aliphatic rings. The molecule has 0 fully saturated rings. The topological polar surface area (TPSA) is 63.4 Å².